The quantitative estimate of drug-likeness (QED) is 0.380. The van der Waals surface area contributed by atoms with Gasteiger partial charge >= 0.3 is 5.97 Å². The summed E-state index contributed by atoms with van der Waals surface area (Å²) in [6.45, 7) is 8.03. The van der Waals surface area contributed by atoms with Gasteiger partial charge in [-0.2, -0.15) is 0 Å². The third kappa shape index (κ3) is 4.69. The van der Waals surface area contributed by atoms with E-state index in [1.807, 2.05) is 6.92 Å². The number of esters is 1. The third-order valence-corrected chi connectivity index (χ3v) is 8.30. The van der Waals surface area contributed by atoms with E-state index in [-0.39, 0.29) is 18.3 Å². The Balaban J connectivity index is 1.90. The molecule has 1 heterocycles. The molecule has 4 nitrogen and oxygen atoms in total. The van der Waals surface area contributed by atoms with Crippen molar-refractivity contribution in [3.05, 3.63) is 27.8 Å². The van der Waals surface area contributed by atoms with Crippen molar-refractivity contribution in [2.45, 2.75) is 77.2 Å². The topological polar surface area (TPSA) is 46.6 Å². The summed E-state index contributed by atoms with van der Waals surface area (Å²) in [5.74, 6) is 0.692. The van der Waals surface area contributed by atoms with E-state index < -0.39 is 0 Å². The number of hydrogen-bond donors (Lipinski definition) is 0. The fourth-order valence-electron chi connectivity index (χ4n) is 4.69. The molecule has 1 aromatic rings. The van der Waals surface area contributed by atoms with Crippen LogP contribution in [0.25, 0.3) is 0 Å². The minimum absolute atomic E-state index is 0.197. The van der Waals surface area contributed by atoms with Crippen LogP contribution >= 0.6 is 30.1 Å². The second kappa shape index (κ2) is 9.83. The number of halogens is 1. The first kappa shape index (κ1) is 21.9. The number of nitrogens with zero attached hydrogens (tertiary/aromatic N) is 1. The summed E-state index contributed by atoms with van der Waals surface area (Å²) < 4.78 is 5.18. The highest BCUT2D eigenvalue weighted by molar-refractivity contribution is 14.2. The molecule has 1 amide bonds. The van der Waals surface area contributed by atoms with E-state index in [1.54, 1.807) is 8.93 Å². The average Bonchev–Trinajstić information content (AvgIpc) is 2.68. The summed E-state index contributed by atoms with van der Waals surface area (Å²) in [6.07, 6.45) is 7.17. The van der Waals surface area contributed by atoms with Crippen molar-refractivity contribution in [1.29, 1.82) is 0 Å². The highest BCUT2D eigenvalue weighted by Gasteiger charge is 2.31. The lowest BCUT2D eigenvalue weighted by molar-refractivity contribution is -0.142. The Morgan fingerprint density at radius 3 is 2.54 bits per heavy atom. The van der Waals surface area contributed by atoms with Crippen molar-refractivity contribution >= 4 is 42.0 Å². The molecular weight excluding hydrogens is 485 g/mol. The maximum atomic E-state index is 12.9. The monoisotopic (exact) mass is 515 g/mol. The molecule has 0 atom stereocenters. The number of hydrogen-bond acceptors (Lipinski definition) is 4. The van der Waals surface area contributed by atoms with Gasteiger partial charge in [0.25, 0.3) is 0 Å². The fourth-order valence-corrected chi connectivity index (χ4v) is 7.03. The first-order valence-corrected chi connectivity index (χ1v) is 13.7. The van der Waals surface area contributed by atoms with Gasteiger partial charge < -0.3 is 9.64 Å². The molecule has 1 aliphatic carbocycles. The van der Waals surface area contributed by atoms with E-state index >= 15 is 0 Å². The van der Waals surface area contributed by atoms with Gasteiger partial charge in [0.15, 0.2) is 0 Å². The van der Waals surface area contributed by atoms with Gasteiger partial charge in [-0.15, -0.1) is 0 Å². The maximum absolute atomic E-state index is 12.9. The van der Waals surface area contributed by atoms with Crippen molar-refractivity contribution in [2.75, 3.05) is 13.2 Å². The minimum Gasteiger partial charge on any atom is -0.466 e. The molecule has 0 unspecified atom stereocenters. The molecule has 0 saturated heterocycles. The summed E-state index contributed by atoms with van der Waals surface area (Å²) in [6, 6.07) is 0. The van der Waals surface area contributed by atoms with Gasteiger partial charge in [-0.05, 0) is 67.3 Å². The van der Waals surface area contributed by atoms with Gasteiger partial charge in [-0.25, -0.2) is 0 Å². The molecule has 0 spiro atoms. The lowest BCUT2D eigenvalue weighted by atomic mass is 9.85. The predicted molar refractivity (Wildman–Crippen MR) is 122 cm³/mol. The predicted octanol–water partition coefficient (Wildman–Crippen LogP) is 5.32. The largest absolute Gasteiger partial charge is 0.466 e. The zero-order chi connectivity index (χ0) is 20.3. The normalized spacial score (nSPS) is 17.6. The molecule has 0 radical (unpaired) electrons. The Labute approximate surface area is 184 Å². The fraction of sp³-hybridized carbons (Fsp3) is 0.636. The van der Waals surface area contributed by atoms with E-state index in [9.17, 15) is 9.59 Å². The Hall–Kier alpha value is -0.760. The van der Waals surface area contributed by atoms with Crippen molar-refractivity contribution in [3.63, 3.8) is 0 Å². The lowest BCUT2D eigenvalue weighted by Crippen LogP contribution is -2.40. The molecule has 1 aromatic carbocycles. The summed E-state index contributed by atoms with van der Waals surface area (Å²) in [5, 5.41) is 0. The number of rotatable bonds is 6. The highest BCUT2D eigenvalue weighted by atomic mass is 127. The number of ether oxygens (including phenoxy) is 1. The van der Waals surface area contributed by atoms with Crippen LogP contribution in [0.1, 0.15) is 66.8 Å². The molecule has 28 heavy (non-hydrogen) atoms. The number of fused-ring (bicyclic) bond motifs is 1. The molecule has 0 N–H and O–H groups in total. The number of carbonyl (C=O) groups excluding carboxylic acids is 2. The number of amides is 1. The van der Waals surface area contributed by atoms with Crippen LogP contribution in [0.4, 0.5) is 0 Å². The molecule has 0 bridgehead atoms. The van der Waals surface area contributed by atoms with Crippen LogP contribution < -0.4 is 0 Å². The molecule has 2 aliphatic rings. The van der Waals surface area contributed by atoms with Gasteiger partial charge in [0, 0.05) is 39.2 Å². The Morgan fingerprint density at radius 2 is 1.89 bits per heavy atom. The molecule has 6 heteroatoms. The van der Waals surface area contributed by atoms with Crippen LogP contribution in [0.2, 0.25) is 0 Å². The van der Waals surface area contributed by atoms with Gasteiger partial charge in [-0.3, -0.25) is 9.59 Å². The Kier molecular flexibility index (Phi) is 7.70. The standard InChI is InChI=1S/C22H30INO3S/c1-4-27-21(26)11-18-14(2)17-10-20(25)24(12-16-8-6-5-7-9-16)13-19(17)15(3)22(18)28-23/h16H,4-13H2,1-3H3. The Morgan fingerprint density at radius 1 is 1.18 bits per heavy atom. The van der Waals surface area contributed by atoms with Crippen LogP contribution in [0.3, 0.4) is 0 Å². The summed E-state index contributed by atoms with van der Waals surface area (Å²) in [7, 11) is 1.67. The Bertz CT molecular complexity index is 759. The van der Waals surface area contributed by atoms with Gasteiger partial charge in [0.2, 0.25) is 5.91 Å². The number of carbonyl (C=O) groups is 2. The third-order valence-electron chi connectivity index (χ3n) is 6.27. The van der Waals surface area contributed by atoms with Crippen molar-refractivity contribution in [2.24, 2.45) is 5.92 Å². The second-order valence-corrected chi connectivity index (χ2v) is 9.91. The zero-order valence-electron chi connectivity index (χ0n) is 17.1. The average molecular weight is 515 g/mol. The van der Waals surface area contributed by atoms with Crippen molar-refractivity contribution in [1.82, 2.24) is 4.90 Å². The highest BCUT2D eigenvalue weighted by Crippen LogP contribution is 2.40. The van der Waals surface area contributed by atoms with Crippen LogP contribution in [-0.4, -0.2) is 29.9 Å². The molecule has 3 rings (SSSR count). The minimum atomic E-state index is -0.197. The zero-order valence-corrected chi connectivity index (χ0v) is 20.1. The van der Waals surface area contributed by atoms with Crippen LogP contribution in [0, 0.1) is 19.8 Å². The lowest BCUT2D eigenvalue weighted by Gasteiger charge is -2.35. The first-order chi connectivity index (χ1) is 13.5. The smallest absolute Gasteiger partial charge is 0.310 e. The van der Waals surface area contributed by atoms with Crippen molar-refractivity contribution in [3.8, 4) is 0 Å². The first-order valence-electron chi connectivity index (χ1n) is 10.3. The molecule has 0 aromatic heterocycles. The number of benzene rings is 1. The molecular formula is C22H30INO3S. The van der Waals surface area contributed by atoms with Crippen LogP contribution in [0.5, 0.6) is 0 Å². The molecule has 1 saturated carbocycles. The van der Waals surface area contributed by atoms with E-state index in [1.165, 1.54) is 43.2 Å². The van der Waals surface area contributed by atoms with Gasteiger partial charge in [-0.1, -0.05) is 28.2 Å². The summed E-state index contributed by atoms with van der Waals surface area (Å²) in [4.78, 5) is 28.3. The summed E-state index contributed by atoms with van der Waals surface area (Å²) >= 11 is 2.30. The van der Waals surface area contributed by atoms with Crippen LogP contribution in [0.15, 0.2) is 4.90 Å². The maximum Gasteiger partial charge on any atom is 0.310 e. The van der Waals surface area contributed by atoms with Gasteiger partial charge in [0.05, 0.1) is 19.4 Å². The van der Waals surface area contributed by atoms with Crippen molar-refractivity contribution < 1.29 is 14.3 Å². The molecule has 1 fully saturated rings. The van der Waals surface area contributed by atoms with Gasteiger partial charge in [0.1, 0.15) is 0 Å². The molecule has 154 valence electrons. The van der Waals surface area contributed by atoms with E-state index in [0.717, 1.165) is 28.1 Å². The van der Waals surface area contributed by atoms with E-state index in [0.29, 0.717) is 25.5 Å². The van der Waals surface area contributed by atoms with Crippen LogP contribution in [-0.2, 0) is 33.7 Å². The second-order valence-electron chi connectivity index (χ2n) is 8.03. The SMILES string of the molecule is CCOC(=O)Cc1c(C)c2c(c(C)c1SI)CN(CC1CCCCC1)C(=O)C2. The van der Waals surface area contributed by atoms with E-state index in [4.69, 9.17) is 4.74 Å². The molecule has 1 aliphatic heterocycles. The van der Waals surface area contributed by atoms with E-state index in [2.05, 4.69) is 40.0 Å². The summed E-state index contributed by atoms with van der Waals surface area (Å²) in [5.41, 5.74) is 5.78.